The van der Waals surface area contributed by atoms with Crippen molar-refractivity contribution >= 4 is 23.5 Å². The molecule has 4 rings (SSSR count). The van der Waals surface area contributed by atoms with Crippen LogP contribution in [-0.4, -0.2) is 48.0 Å². The molecule has 27 heavy (non-hydrogen) atoms. The first kappa shape index (κ1) is 17.6. The van der Waals surface area contributed by atoms with Crippen molar-refractivity contribution in [1.29, 1.82) is 0 Å². The fourth-order valence-electron chi connectivity index (χ4n) is 3.94. The number of carbonyl (C=O) groups excluding carboxylic acids is 3. The Kier molecular flexibility index (Phi) is 4.63. The Bertz CT molecular complexity index is 773. The highest BCUT2D eigenvalue weighted by Gasteiger charge is 2.52. The maximum Gasteiger partial charge on any atom is 0.325 e. The standard InChI is InChI=1S/C19H23N3O5/c23-16(20-13-5-6-14-15(12-13)27-11-10-26-14)4-3-9-22-17(24)19(21-18(22)25)7-1-2-8-19/h5-6,12H,1-4,7-11H2,(H,20,23)(H,21,25). The second-order valence-electron chi connectivity index (χ2n) is 7.19. The Balaban J connectivity index is 1.27. The summed E-state index contributed by atoms with van der Waals surface area (Å²) in [6.45, 7) is 1.25. The van der Waals surface area contributed by atoms with E-state index in [1.165, 1.54) is 4.90 Å². The van der Waals surface area contributed by atoms with Crippen molar-refractivity contribution in [2.75, 3.05) is 25.1 Å². The van der Waals surface area contributed by atoms with Gasteiger partial charge in [0.15, 0.2) is 11.5 Å². The van der Waals surface area contributed by atoms with Gasteiger partial charge < -0.3 is 20.1 Å². The highest BCUT2D eigenvalue weighted by molar-refractivity contribution is 6.07. The van der Waals surface area contributed by atoms with Crippen molar-refractivity contribution in [3.8, 4) is 11.5 Å². The summed E-state index contributed by atoms with van der Waals surface area (Å²) in [4.78, 5) is 38.1. The summed E-state index contributed by atoms with van der Waals surface area (Å²) in [5.41, 5.74) is -0.0611. The molecular weight excluding hydrogens is 350 g/mol. The summed E-state index contributed by atoms with van der Waals surface area (Å²) in [7, 11) is 0. The predicted octanol–water partition coefficient (Wildman–Crippen LogP) is 2.04. The van der Waals surface area contributed by atoms with Gasteiger partial charge in [-0.3, -0.25) is 14.5 Å². The minimum Gasteiger partial charge on any atom is -0.486 e. The fraction of sp³-hybridized carbons (Fsp3) is 0.526. The normalized spacial score (nSPS) is 20.1. The second-order valence-corrected chi connectivity index (χ2v) is 7.19. The number of hydrogen-bond acceptors (Lipinski definition) is 5. The van der Waals surface area contributed by atoms with Gasteiger partial charge in [-0.1, -0.05) is 12.8 Å². The number of benzene rings is 1. The number of anilines is 1. The first-order valence-electron chi connectivity index (χ1n) is 9.41. The maximum absolute atomic E-state index is 12.6. The van der Waals surface area contributed by atoms with Gasteiger partial charge in [0.05, 0.1) is 0 Å². The lowest BCUT2D eigenvalue weighted by atomic mass is 9.98. The van der Waals surface area contributed by atoms with Crippen LogP contribution in [0.2, 0.25) is 0 Å². The molecule has 1 aromatic carbocycles. The first-order chi connectivity index (χ1) is 13.1. The Morgan fingerprint density at radius 3 is 2.67 bits per heavy atom. The fourth-order valence-corrected chi connectivity index (χ4v) is 3.94. The molecule has 2 fully saturated rings. The van der Waals surface area contributed by atoms with Crippen molar-refractivity contribution in [2.24, 2.45) is 0 Å². The van der Waals surface area contributed by atoms with Crippen molar-refractivity contribution in [3.63, 3.8) is 0 Å². The lowest BCUT2D eigenvalue weighted by Crippen LogP contribution is -2.44. The number of urea groups is 1. The van der Waals surface area contributed by atoms with Crippen LogP contribution in [0.1, 0.15) is 38.5 Å². The zero-order chi connectivity index (χ0) is 18.9. The molecule has 1 saturated carbocycles. The molecule has 1 spiro atoms. The topological polar surface area (TPSA) is 97.0 Å². The Morgan fingerprint density at radius 2 is 1.89 bits per heavy atom. The van der Waals surface area contributed by atoms with E-state index in [4.69, 9.17) is 9.47 Å². The van der Waals surface area contributed by atoms with E-state index in [0.29, 0.717) is 49.7 Å². The number of ether oxygens (including phenoxy) is 2. The predicted molar refractivity (Wildman–Crippen MR) is 96.7 cm³/mol. The van der Waals surface area contributed by atoms with Gasteiger partial charge in [0, 0.05) is 24.7 Å². The number of nitrogens with one attached hydrogen (secondary N) is 2. The lowest BCUT2D eigenvalue weighted by Gasteiger charge is -2.20. The minimum atomic E-state index is -0.690. The quantitative estimate of drug-likeness (QED) is 0.770. The van der Waals surface area contributed by atoms with Gasteiger partial charge in [-0.05, 0) is 31.4 Å². The van der Waals surface area contributed by atoms with Gasteiger partial charge in [0.25, 0.3) is 5.91 Å². The van der Waals surface area contributed by atoms with Crippen molar-refractivity contribution in [1.82, 2.24) is 10.2 Å². The summed E-state index contributed by atoms with van der Waals surface area (Å²) in [6.07, 6.45) is 3.97. The van der Waals surface area contributed by atoms with E-state index in [9.17, 15) is 14.4 Å². The summed E-state index contributed by atoms with van der Waals surface area (Å²) in [5, 5.41) is 5.66. The molecule has 144 valence electrons. The largest absolute Gasteiger partial charge is 0.486 e. The molecule has 2 heterocycles. The third-order valence-corrected chi connectivity index (χ3v) is 5.31. The average molecular weight is 373 g/mol. The molecule has 2 N–H and O–H groups in total. The smallest absolute Gasteiger partial charge is 0.325 e. The van der Waals surface area contributed by atoms with Crippen molar-refractivity contribution < 1.29 is 23.9 Å². The number of rotatable bonds is 5. The van der Waals surface area contributed by atoms with Gasteiger partial charge in [0.1, 0.15) is 18.8 Å². The monoisotopic (exact) mass is 373 g/mol. The molecule has 1 saturated heterocycles. The number of hydrogen-bond donors (Lipinski definition) is 2. The van der Waals surface area contributed by atoms with Crippen LogP contribution >= 0.6 is 0 Å². The van der Waals surface area contributed by atoms with Crippen LogP contribution in [-0.2, 0) is 9.59 Å². The SMILES string of the molecule is O=C(CCCN1C(=O)NC2(CCCC2)C1=O)Nc1ccc2c(c1)OCCO2. The van der Waals surface area contributed by atoms with Gasteiger partial charge >= 0.3 is 6.03 Å². The number of amides is 4. The third kappa shape index (κ3) is 3.43. The van der Waals surface area contributed by atoms with Crippen LogP contribution in [0.4, 0.5) is 10.5 Å². The van der Waals surface area contributed by atoms with Crippen LogP contribution in [0.5, 0.6) is 11.5 Å². The van der Waals surface area contributed by atoms with Crippen molar-refractivity contribution in [2.45, 2.75) is 44.1 Å². The Morgan fingerprint density at radius 1 is 1.15 bits per heavy atom. The molecule has 0 radical (unpaired) electrons. The minimum absolute atomic E-state index is 0.141. The van der Waals surface area contributed by atoms with E-state index in [0.717, 1.165) is 12.8 Å². The van der Waals surface area contributed by atoms with Crippen molar-refractivity contribution in [3.05, 3.63) is 18.2 Å². The van der Waals surface area contributed by atoms with Gasteiger partial charge in [0.2, 0.25) is 5.91 Å². The molecule has 1 aliphatic carbocycles. The third-order valence-electron chi connectivity index (χ3n) is 5.31. The Hall–Kier alpha value is -2.77. The molecule has 2 aliphatic heterocycles. The molecule has 0 unspecified atom stereocenters. The molecule has 1 aromatic rings. The molecule has 8 nitrogen and oxygen atoms in total. The number of carbonyl (C=O) groups is 3. The summed E-state index contributed by atoms with van der Waals surface area (Å²) < 4.78 is 11.0. The first-order valence-corrected chi connectivity index (χ1v) is 9.41. The van der Waals surface area contributed by atoms with Crippen LogP contribution in [0.3, 0.4) is 0 Å². The molecule has 0 atom stereocenters. The molecule has 4 amide bonds. The van der Waals surface area contributed by atoms with E-state index in [-0.39, 0.29) is 30.8 Å². The maximum atomic E-state index is 12.6. The average Bonchev–Trinajstić information content (AvgIpc) is 3.22. The molecule has 3 aliphatic rings. The van der Waals surface area contributed by atoms with E-state index < -0.39 is 5.54 Å². The summed E-state index contributed by atoms with van der Waals surface area (Å²) in [5.74, 6) is 0.963. The molecule has 0 aromatic heterocycles. The molecule has 8 heteroatoms. The van der Waals surface area contributed by atoms with Crippen LogP contribution < -0.4 is 20.1 Å². The van der Waals surface area contributed by atoms with Gasteiger partial charge in [-0.2, -0.15) is 0 Å². The van der Waals surface area contributed by atoms with Crippen LogP contribution in [0.25, 0.3) is 0 Å². The van der Waals surface area contributed by atoms with E-state index in [2.05, 4.69) is 10.6 Å². The van der Waals surface area contributed by atoms with E-state index >= 15 is 0 Å². The number of fused-ring (bicyclic) bond motifs is 1. The Labute approximate surface area is 157 Å². The molecule has 0 bridgehead atoms. The summed E-state index contributed by atoms with van der Waals surface area (Å²) in [6, 6.07) is 4.91. The van der Waals surface area contributed by atoms with Crippen LogP contribution in [0.15, 0.2) is 18.2 Å². The van der Waals surface area contributed by atoms with Gasteiger partial charge in [-0.25, -0.2) is 4.79 Å². The zero-order valence-corrected chi connectivity index (χ0v) is 15.1. The second kappa shape index (κ2) is 7.09. The van der Waals surface area contributed by atoms with E-state index in [1.54, 1.807) is 18.2 Å². The van der Waals surface area contributed by atoms with Gasteiger partial charge in [-0.15, -0.1) is 0 Å². The van der Waals surface area contributed by atoms with E-state index in [1.807, 2.05) is 0 Å². The highest BCUT2D eigenvalue weighted by atomic mass is 16.6. The zero-order valence-electron chi connectivity index (χ0n) is 15.1. The molecular formula is C19H23N3O5. The highest BCUT2D eigenvalue weighted by Crippen LogP contribution is 2.35. The lowest BCUT2D eigenvalue weighted by molar-refractivity contribution is -0.131. The van der Waals surface area contributed by atoms with Crippen LogP contribution in [0, 0.1) is 0 Å². The summed E-state index contributed by atoms with van der Waals surface area (Å²) >= 11 is 0. The number of nitrogens with zero attached hydrogens (tertiary/aromatic N) is 1. The number of imide groups is 1.